The van der Waals surface area contributed by atoms with E-state index in [0.29, 0.717) is 0 Å². The first-order chi connectivity index (χ1) is 6.36. The summed E-state index contributed by atoms with van der Waals surface area (Å²) in [5.41, 5.74) is 4.24. The number of nitrogens with one attached hydrogen (secondary N) is 2. The molecule has 0 amide bonds. The highest BCUT2D eigenvalue weighted by Crippen LogP contribution is 2.21. The second-order valence-corrected chi connectivity index (χ2v) is 2.91. The van der Waals surface area contributed by atoms with Crippen LogP contribution in [-0.4, -0.2) is 30.8 Å². The SMILES string of the molecule is Cc1cc2n[nH]nc2c2n[nH]nc12. The van der Waals surface area contributed by atoms with Gasteiger partial charge in [0.15, 0.2) is 0 Å². The maximum absolute atomic E-state index is 4.03. The predicted octanol–water partition coefficient (Wildman–Crippen LogP) is 0.538. The van der Waals surface area contributed by atoms with Gasteiger partial charge in [0.05, 0.1) is 0 Å². The maximum Gasteiger partial charge on any atom is 0.143 e. The van der Waals surface area contributed by atoms with Crippen LogP contribution in [0.5, 0.6) is 0 Å². The molecule has 0 saturated heterocycles. The second-order valence-electron chi connectivity index (χ2n) is 2.91. The Kier molecular flexibility index (Phi) is 1.02. The normalized spacial score (nSPS) is 11.5. The van der Waals surface area contributed by atoms with E-state index in [9.17, 15) is 0 Å². The number of fused-ring (bicyclic) bond motifs is 3. The number of hydrogen-bond donors (Lipinski definition) is 2. The van der Waals surface area contributed by atoms with Crippen molar-refractivity contribution in [1.29, 1.82) is 0 Å². The van der Waals surface area contributed by atoms with Gasteiger partial charge >= 0.3 is 0 Å². The number of nitrogens with zero attached hydrogens (tertiary/aromatic N) is 4. The van der Waals surface area contributed by atoms with Gasteiger partial charge in [-0.1, -0.05) is 0 Å². The Morgan fingerprint density at radius 3 is 2.54 bits per heavy atom. The topological polar surface area (TPSA) is 83.1 Å². The molecule has 0 radical (unpaired) electrons. The van der Waals surface area contributed by atoms with Gasteiger partial charge in [0.1, 0.15) is 22.1 Å². The van der Waals surface area contributed by atoms with Crippen LogP contribution in [0.1, 0.15) is 5.56 Å². The van der Waals surface area contributed by atoms with E-state index in [1.165, 1.54) is 0 Å². The molecule has 0 unspecified atom stereocenters. The molecule has 0 aliphatic rings. The number of H-pyrrole nitrogens is 2. The van der Waals surface area contributed by atoms with Gasteiger partial charge in [-0.05, 0) is 18.6 Å². The standard InChI is InChI=1S/C7H6N6/c1-3-2-4-6(10-12-8-4)7-5(3)9-13-11-7/h2H,1H3,(H,8,10,12)(H,9,11,13). The lowest BCUT2D eigenvalue weighted by Crippen LogP contribution is -1.79. The molecule has 6 nitrogen and oxygen atoms in total. The fourth-order valence-electron chi connectivity index (χ4n) is 1.46. The number of aromatic amines is 2. The molecule has 0 spiro atoms. The van der Waals surface area contributed by atoms with Gasteiger partial charge < -0.3 is 0 Å². The van der Waals surface area contributed by atoms with Crippen LogP contribution in [0.3, 0.4) is 0 Å². The molecule has 1 aromatic carbocycles. The summed E-state index contributed by atoms with van der Waals surface area (Å²) in [6.45, 7) is 1.97. The van der Waals surface area contributed by atoms with Gasteiger partial charge in [-0.2, -0.15) is 30.8 Å². The highest BCUT2D eigenvalue weighted by atomic mass is 15.4. The van der Waals surface area contributed by atoms with Gasteiger partial charge in [-0.3, -0.25) is 0 Å². The number of hydrogen-bond acceptors (Lipinski definition) is 4. The molecule has 3 rings (SSSR count). The minimum absolute atomic E-state index is 0.759. The second kappa shape index (κ2) is 2.03. The van der Waals surface area contributed by atoms with Crippen molar-refractivity contribution in [2.24, 2.45) is 0 Å². The number of rotatable bonds is 0. The quantitative estimate of drug-likeness (QED) is 0.521. The minimum atomic E-state index is 0.759. The lowest BCUT2D eigenvalue weighted by molar-refractivity contribution is 0.950. The summed E-state index contributed by atoms with van der Waals surface area (Å²) >= 11 is 0. The van der Waals surface area contributed by atoms with Crippen molar-refractivity contribution in [3.63, 3.8) is 0 Å². The van der Waals surface area contributed by atoms with Crippen molar-refractivity contribution >= 4 is 22.1 Å². The van der Waals surface area contributed by atoms with Crippen LogP contribution < -0.4 is 0 Å². The molecule has 0 aliphatic heterocycles. The lowest BCUT2D eigenvalue weighted by atomic mass is 10.2. The van der Waals surface area contributed by atoms with Gasteiger partial charge in [0, 0.05) is 0 Å². The van der Waals surface area contributed by atoms with E-state index >= 15 is 0 Å². The molecule has 2 heterocycles. The van der Waals surface area contributed by atoms with E-state index in [2.05, 4.69) is 30.8 Å². The molecule has 64 valence electrons. The average molecular weight is 174 g/mol. The third-order valence-corrected chi connectivity index (χ3v) is 2.07. The summed E-state index contributed by atoms with van der Waals surface area (Å²) < 4.78 is 0. The van der Waals surface area contributed by atoms with Crippen LogP contribution in [0.4, 0.5) is 0 Å². The van der Waals surface area contributed by atoms with Gasteiger partial charge in [-0.25, -0.2) is 0 Å². The fourth-order valence-corrected chi connectivity index (χ4v) is 1.46. The maximum atomic E-state index is 4.03. The smallest absolute Gasteiger partial charge is 0.143 e. The Labute approximate surface area is 72.3 Å². The molecule has 0 saturated carbocycles. The Balaban J connectivity index is 2.70. The van der Waals surface area contributed by atoms with Crippen molar-refractivity contribution in [2.45, 2.75) is 6.92 Å². The molecule has 3 aromatic rings. The molecular formula is C7H6N6. The highest BCUT2D eigenvalue weighted by Gasteiger charge is 2.09. The monoisotopic (exact) mass is 174 g/mol. The zero-order chi connectivity index (χ0) is 8.84. The Morgan fingerprint density at radius 2 is 1.62 bits per heavy atom. The molecule has 2 aromatic heterocycles. The van der Waals surface area contributed by atoms with Crippen LogP contribution in [0.2, 0.25) is 0 Å². The van der Waals surface area contributed by atoms with E-state index in [0.717, 1.165) is 27.6 Å². The van der Waals surface area contributed by atoms with Crippen LogP contribution in [0, 0.1) is 6.92 Å². The molecule has 2 N–H and O–H groups in total. The van der Waals surface area contributed by atoms with Crippen molar-refractivity contribution in [3.8, 4) is 0 Å². The minimum Gasteiger partial charge on any atom is -0.197 e. The summed E-state index contributed by atoms with van der Waals surface area (Å²) in [4.78, 5) is 0. The first-order valence-corrected chi connectivity index (χ1v) is 3.87. The van der Waals surface area contributed by atoms with E-state index in [1.54, 1.807) is 0 Å². The van der Waals surface area contributed by atoms with Crippen LogP contribution in [0.15, 0.2) is 6.07 Å². The molecule has 0 bridgehead atoms. The van der Waals surface area contributed by atoms with Crippen molar-refractivity contribution in [3.05, 3.63) is 11.6 Å². The van der Waals surface area contributed by atoms with Crippen molar-refractivity contribution in [2.75, 3.05) is 0 Å². The van der Waals surface area contributed by atoms with Crippen molar-refractivity contribution < 1.29 is 0 Å². The molecular weight excluding hydrogens is 168 g/mol. The van der Waals surface area contributed by atoms with Crippen molar-refractivity contribution in [1.82, 2.24) is 30.8 Å². The Morgan fingerprint density at radius 1 is 0.923 bits per heavy atom. The van der Waals surface area contributed by atoms with E-state index in [-0.39, 0.29) is 0 Å². The van der Waals surface area contributed by atoms with Crippen LogP contribution >= 0.6 is 0 Å². The zero-order valence-corrected chi connectivity index (χ0v) is 6.87. The summed E-state index contributed by atoms with van der Waals surface area (Å²) in [5, 5.41) is 21.2. The van der Waals surface area contributed by atoms with E-state index in [4.69, 9.17) is 0 Å². The third kappa shape index (κ3) is 0.715. The first kappa shape index (κ1) is 6.53. The van der Waals surface area contributed by atoms with E-state index < -0.39 is 0 Å². The largest absolute Gasteiger partial charge is 0.197 e. The van der Waals surface area contributed by atoms with E-state index in [1.807, 2.05) is 13.0 Å². The number of benzene rings is 1. The molecule has 13 heavy (non-hydrogen) atoms. The molecule has 0 aliphatic carbocycles. The summed E-state index contributed by atoms with van der Waals surface area (Å²) in [5.74, 6) is 0. The summed E-state index contributed by atoms with van der Waals surface area (Å²) in [6, 6.07) is 1.93. The number of aromatic nitrogens is 6. The summed E-state index contributed by atoms with van der Waals surface area (Å²) in [6.07, 6.45) is 0. The Hall–Kier alpha value is -1.98. The van der Waals surface area contributed by atoms with Gasteiger partial charge in [0.25, 0.3) is 0 Å². The fraction of sp³-hybridized carbons (Fsp3) is 0.143. The summed E-state index contributed by atoms with van der Waals surface area (Å²) in [7, 11) is 0. The van der Waals surface area contributed by atoms with Gasteiger partial charge in [0.2, 0.25) is 0 Å². The van der Waals surface area contributed by atoms with Gasteiger partial charge in [-0.15, -0.1) is 0 Å². The zero-order valence-electron chi connectivity index (χ0n) is 6.87. The van der Waals surface area contributed by atoms with Crippen LogP contribution in [-0.2, 0) is 0 Å². The Bertz CT molecular complexity index is 577. The lowest BCUT2D eigenvalue weighted by Gasteiger charge is -1.91. The number of aryl methyl sites for hydroxylation is 1. The third-order valence-electron chi connectivity index (χ3n) is 2.07. The predicted molar refractivity (Wildman–Crippen MR) is 46.1 cm³/mol. The highest BCUT2D eigenvalue weighted by molar-refractivity contribution is 6.00. The molecule has 6 heteroatoms. The molecule has 0 fully saturated rings. The first-order valence-electron chi connectivity index (χ1n) is 3.87. The van der Waals surface area contributed by atoms with Crippen LogP contribution in [0.25, 0.3) is 22.1 Å². The molecule has 0 atom stereocenters. The average Bonchev–Trinajstić information content (AvgIpc) is 2.66.